The molecule has 0 unspecified atom stereocenters. The van der Waals surface area contributed by atoms with Crippen molar-refractivity contribution in [3.63, 3.8) is 0 Å². The van der Waals surface area contributed by atoms with E-state index < -0.39 is 0 Å². The molecule has 0 aliphatic carbocycles. The third-order valence-electron chi connectivity index (χ3n) is 1.68. The van der Waals surface area contributed by atoms with Crippen molar-refractivity contribution in [2.45, 2.75) is 12.8 Å². The molecule has 1 N–H and O–H groups in total. The first-order valence-corrected chi connectivity index (χ1v) is 5.99. The Kier molecular flexibility index (Phi) is 5.82. The molecule has 0 heterocycles. The number of hydrogen-bond acceptors (Lipinski definition) is 1. The van der Waals surface area contributed by atoms with E-state index >= 15 is 0 Å². The summed E-state index contributed by atoms with van der Waals surface area (Å²) in [6.07, 6.45) is 3.92. The predicted molar refractivity (Wildman–Crippen MR) is 54.9 cm³/mol. The summed E-state index contributed by atoms with van der Waals surface area (Å²) in [5, 5.41) is 3.39. The van der Waals surface area contributed by atoms with Crippen LogP contribution in [0.1, 0.15) is 12.8 Å². The largest absolute Gasteiger partial charge is 0.331 e. The lowest BCUT2D eigenvalue weighted by Crippen LogP contribution is -2.35. The van der Waals surface area contributed by atoms with Gasteiger partial charge in [-0.3, -0.25) is 0 Å². The Hall–Kier alpha value is 0.137. The molecule has 0 spiro atoms. The van der Waals surface area contributed by atoms with Crippen LogP contribution in [0.5, 0.6) is 0 Å². The van der Waals surface area contributed by atoms with Crippen LogP contribution < -0.4 is 5.32 Å². The first-order valence-electron chi connectivity index (χ1n) is 4.57. The van der Waals surface area contributed by atoms with E-state index in [2.05, 4.69) is 26.5 Å². The molecule has 3 heteroatoms. The minimum atomic E-state index is 1.10. The maximum Gasteiger partial charge on any atom is 0.0780 e. The number of rotatable bonds is 6. The molecule has 0 amide bonds. The lowest BCUT2D eigenvalue weighted by atomic mass is 10.3. The molecule has 0 aliphatic heterocycles. The van der Waals surface area contributed by atoms with E-state index in [1.807, 2.05) is 0 Å². The molecule has 2 nitrogen and oxygen atoms in total. The van der Waals surface area contributed by atoms with Crippen molar-refractivity contribution in [3.8, 4) is 0 Å². The number of hydrogen-bond donors (Lipinski definition) is 1. The van der Waals surface area contributed by atoms with Gasteiger partial charge in [0.1, 0.15) is 0 Å². The molecule has 0 aliphatic rings. The van der Waals surface area contributed by atoms with Crippen LogP contribution in [0.15, 0.2) is 0 Å². The number of unbranched alkanes of at least 4 members (excludes halogenated alkanes) is 1. The Morgan fingerprint density at radius 2 is 1.82 bits per heavy atom. The van der Waals surface area contributed by atoms with Crippen LogP contribution in [0.4, 0.5) is 0 Å². The summed E-state index contributed by atoms with van der Waals surface area (Å²) in [5.41, 5.74) is 0. The van der Waals surface area contributed by atoms with E-state index in [4.69, 9.17) is 0 Å². The predicted octanol–water partition coefficient (Wildman–Crippen LogP) is -0.615. The third kappa shape index (κ3) is 10.1. The molecule has 0 aromatic heterocycles. The zero-order chi connectivity index (χ0) is 8.74. The maximum absolute atomic E-state index is 3.39. The summed E-state index contributed by atoms with van der Waals surface area (Å²) in [4.78, 5) is 0. The molecule has 0 rings (SSSR count). The van der Waals surface area contributed by atoms with Crippen LogP contribution in [-0.2, 0) is 0 Å². The van der Waals surface area contributed by atoms with Gasteiger partial charge in [-0.15, -0.1) is 0 Å². The number of nitrogens with zero attached hydrogens (tertiary/aromatic N) is 1. The van der Waals surface area contributed by atoms with Crippen LogP contribution in [0.25, 0.3) is 0 Å². The zero-order valence-corrected chi connectivity index (χ0v) is 10.5. The second kappa shape index (κ2) is 5.74. The highest BCUT2D eigenvalue weighted by atomic mass is 28.1. The van der Waals surface area contributed by atoms with Gasteiger partial charge in [-0.1, -0.05) is 0 Å². The fourth-order valence-electron chi connectivity index (χ4n) is 1.01. The molecule has 0 fully saturated rings. The molecule has 0 aromatic carbocycles. The zero-order valence-electron chi connectivity index (χ0n) is 8.48. The average Bonchev–Trinajstić information content (AvgIpc) is 1.85. The number of quaternary nitrogens is 1. The SMILES string of the molecule is C[N+](C)(C)CCCCNC[SiH3]. The van der Waals surface area contributed by atoms with Crippen molar-refractivity contribution in [3.05, 3.63) is 0 Å². The van der Waals surface area contributed by atoms with Crippen LogP contribution >= 0.6 is 0 Å². The van der Waals surface area contributed by atoms with E-state index in [1.165, 1.54) is 42.3 Å². The van der Waals surface area contributed by atoms with Crippen LogP contribution in [0.3, 0.4) is 0 Å². The summed E-state index contributed by atoms with van der Waals surface area (Å²) < 4.78 is 1.10. The molecular weight excluding hydrogens is 152 g/mol. The van der Waals surface area contributed by atoms with E-state index in [1.54, 1.807) is 0 Å². The summed E-state index contributed by atoms with van der Waals surface area (Å²) in [6, 6.07) is 0. The average molecular weight is 175 g/mol. The maximum atomic E-state index is 3.39. The molecule has 0 aromatic rings. The van der Waals surface area contributed by atoms with Crippen molar-refractivity contribution in [1.82, 2.24) is 5.32 Å². The summed E-state index contributed by atoms with van der Waals surface area (Å²) in [6.45, 7) is 2.51. The Morgan fingerprint density at radius 1 is 1.18 bits per heavy atom. The van der Waals surface area contributed by atoms with Crippen LogP contribution in [0, 0.1) is 0 Å². The summed E-state index contributed by atoms with van der Waals surface area (Å²) in [5.74, 6) is 0. The molecule has 68 valence electrons. The van der Waals surface area contributed by atoms with Gasteiger partial charge in [-0.2, -0.15) is 0 Å². The van der Waals surface area contributed by atoms with Gasteiger partial charge >= 0.3 is 0 Å². The third-order valence-corrected chi connectivity index (χ3v) is 2.18. The summed E-state index contributed by atoms with van der Waals surface area (Å²) in [7, 11) is 8.03. The molecular formula is C8H23N2Si+. The van der Waals surface area contributed by atoms with Gasteiger partial charge in [0, 0.05) is 10.2 Å². The fraction of sp³-hybridized carbons (Fsp3) is 1.00. The Labute approximate surface area is 74.0 Å². The van der Waals surface area contributed by atoms with Crippen molar-refractivity contribution in [2.75, 3.05) is 40.4 Å². The topological polar surface area (TPSA) is 12.0 Å². The van der Waals surface area contributed by atoms with Crippen LogP contribution in [0.2, 0.25) is 0 Å². The van der Waals surface area contributed by atoms with Gasteiger partial charge < -0.3 is 9.80 Å². The van der Waals surface area contributed by atoms with Gasteiger partial charge in [0.2, 0.25) is 0 Å². The van der Waals surface area contributed by atoms with Crippen molar-refractivity contribution in [1.29, 1.82) is 0 Å². The van der Waals surface area contributed by atoms with E-state index in [9.17, 15) is 0 Å². The normalized spacial score (nSPS) is 12.3. The molecule has 11 heavy (non-hydrogen) atoms. The molecule has 0 atom stereocenters. The summed E-state index contributed by atoms with van der Waals surface area (Å²) >= 11 is 0. The molecule has 0 saturated heterocycles. The lowest BCUT2D eigenvalue weighted by Gasteiger charge is -2.23. The number of nitrogens with one attached hydrogen (secondary N) is 1. The second-order valence-electron chi connectivity index (χ2n) is 4.07. The minimum absolute atomic E-state index is 1.10. The highest BCUT2D eigenvalue weighted by Crippen LogP contribution is 1.95. The van der Waals surface area contributed by atoms with E-state index in [-0.39, 0.29) is 0 Å². The van der Waals surface area contributed by atoms with Crippen LogP contribution in [-0.4, -0.2) is 55.1 Å². The standard InChI is InChI=1S/C8H23N2Si/c1-10(2,3)7-5-4-6-9-8-11/h9H,4-8H2,1-3,11H3/q+1. The first-order chi connectivity index (χ1) is 5.06. The molecule has 0 bridgehead atoms. The Bertz CT molecular complexity index is 88.6. The van der Waals surface area contributed by atoms with Gasteiger partial charge in [0.05, 0.1) is 27.7 Å². The van der Waals surface area contributed by atoms with Gasteiger partial charge in [0.25, 0.3) is 0 Å². The van der Waals surface area contributed by atoms with Crippen molar-refractivity contribution >= 4 is 10.2 Å². The van der Waals surface area contributed by atoms with E-state index in [0.29, 0.717) is 0 Å². The van der Waals surface area contributed by atoms with Crippen molar-refractivity contribution < 1.29 is 4.48 Å². The highest BCUT2D eigenvalue weighted by molar-refractivity contribution is 6.08. The second-order valence-corrected chi connectivity index (χ2v) is 4.78. The monoisotopic (exact) mass is 175 g/mol. The van der Waals surface area contributed by atoms with Crippen molar-refractivity contribution in [2.24, 2.45) is 0 Å². The smallest absolute Gasteiger partial charge is 0.0780 e. The van der Waals surface area contributed by atoms with Gasteiger partial charge in [-0.25, -0.2) is 0 Å². The minimum Gasteiger partial charge on any atom is -0.331 e. The lowest BCUT2D eigenvalue weighted by molar-refractivity contribution is -0.870. The van der Waals surface area contributed by atoms with Gasteiger partial charge in [-0.05, 0) is 25.6 Å². The molecule has 0 saturated carbocycles. The Morgan fingerprint density at radius 3 is 2.27 bits per heavy atom. The van der Waals surface area contributed by atoms with Gasteiger partial charge in [0.15, 0.2) is 0 Å². The Balaban J connectivity index is 3.02. The molecule has 0 radical (unpaired) electrons. The highest BCUT2D eigenvalue weighted by Gasteiger charge is 2.04. The first kappa shape index (κ1) is 11.1. The van der Waals surface area contributed by atoms with E-state index in [0.717, 1.165) is 4.48 Å². The quantitative estimate of drug-likeness (QED) is 0.322. The fourth-order valence-corrected chi connectivity index (χ4v) is 1.37.